The van der Waals surface area contributed by atoms with E-state index in [1.165, 1.54) is 0 Å². The Bertz CT molecular complexity index is 599. The highest BCUT2D eigenvalue weighted by molar-refractivity contribution is 5.75. The Kier molecular flexibility index (Phi) is 5.05. The van der Waals surface area contributed by atoms with Crippen LogP contribution in [0, 0.1) is 5.41 Å². The molecule has 1 aromatic rings. The van der Waals surface area contributed by atoms with Gasteiger partial charge in [-0.3, -0.25) is 9.48 Å². The van der Waals surface area contributed by atoms with Crippen molar-refractivity contribution >= 4 is 17.7 Å². The fourth-order valence-corrected chi connectivity index (χ4v) is 2.53. The van der Waals surface area contributed by atoms with E-state index >= 15 is 0 Å². The molecule has 0 aromatic carbocycles. The number of carbonyl (C=O) groups excluding carboxylic acids is 2. The van der Waals surface area contributed by atoms with E-state index in [9.17, 15) is 9.59 Å². The molecule has 1 aliphatic heterocycles. The predicted octanol–water partition coefficient (Wildman–Crippen LogP) is 1.30. The van der Waals surface area contributed by atoms with Gasteiger partial charge in [-0.05, 0) is 20.8 Å². The van der Waals surface area contributed by atoms with Gasteiger partial charge in [-0.2, -0.15) is 5.10 Å². The molecule has 1 fully saturated rings. The number of rotatable bonds is 5. The maximum Gasteiger partial charge on any atom is 0.410 e. The summed E-state index contributed by atoms with van der Waals surface area (Å²) in [4.78, 5) is 25.0. The molecule has 1 aromatic heterocycles. The first-order valence-electron chi connectivity index (χ1n) is 8.05. The van der Waals surface area contributed by atoms with Crippen molar-refractivity contribution in [3.05, 3.63) is 12.4 Å². The quantitative estimate of drug-likeness (QED) is 0.845. The predicted molar refractivity (Wildman–Crippen MR) is 90.7 cm³/mol. The van der Waals surface area contributed by atoms with Crippen LogP contribution < -0.4 is 10.6 Å². The van der Waals surface area contributed by atoms with Crippen LogP contribution in [0.2, 0.25) is 0 Å². The molecule has 0 bridgehead atoms. The van der Waals surface area contributed by atoms with E-state index in [1.807, 2.05) is 20.8 Å². The minimum Gasteiger partial charge on any atom is -0.444 e. The van der Waals surface area contributed by atoms with Gasteiger partial charge in [0.15, 0.2) is 0 Å². The van der Waals surface area contributed by atoms with E-state index in [0.29, 0.717) is 13.1 Å². The molecule has 1 saturated heterocycles. The summed E-state index contributed by atoms with van der Waals surface area (Å²) in [7, 11) is 1.60. The van der Waals surface area contributed by atoms with E-state index in [1.54, 1.807) is 29.0 Å². The van der Waals surface area contributed by atoms with Crippen molar-refractivity contribution in [1.82, 2.24) is 20.0 Å². The van der Waals surface area contributed by atoms with Gasteiger partial charge in [0.2, 0.25) is 5.91 Å². The van der Waals surface area contributed by atoms with E-state index in [2.05, 4.69) is 22.7 Å². The highest BCUT2D eigenvalue weighted by Gasteiger charge is 2.42. The second-order valence-electron chi connectivity index (χ2n) is 7.60. The third kappa shape index (κ3) is 4.87. The smallest absolute Gasteiger partial charge is 0.410 e. The van der Waals surface area contributed by atoms with Gasteiger partial charge < -0.3 is 20.3 Å². The van der Waals surface area contributed by atoms with Gasteiger partial charge >= 0.3 is 6.09 Å². The van der Waals surface area contributed by atoms with Crippen molar-refractivity contribution in [2.45, 2.75) is 39.8 Å². The van der Waals surface area contributed by atoms with Gasteiger partial charge in [-0.1, -0.05) is 6.92 Å². The number of carbonyl (C=O) groups is 2. The Balaban J connectivity index is 1.77. The van der Waals surface area contributed by atoms with Crippen molar-refractivity contribution in [3.63, 3.8) is 0 Å². The number of hydrogen-bond donors (Lipinski definition) is 2. The fourth-order valence-electron chi connectivity index (χ4n) is 2.53. The zero-order valence-corrected chi connectivity index (χ0v) is 15.0. The van der Waals surface area contributed by atoms with Gasteiger partial charge in [-0.25, -0.2) is 4.79 Å². The van der Waals surface area contributed by atoms with Crippen molar-refractivity contribution in [2.24, 2.45) is 5.41 Å². The molecule has 2 N–H and O–H groups in total. The van der Waals surface area contributed by atoms with Gasteiger partial charge in [0.25, 0.3) is 0 Å². The second-order valence-corrected chi connectivity index (χ2v) is 7.60. The zero-order valence-electron chi connectivity index (χ0n) is 15.0. The summed E-state index contributed by atoms with van der Waals surface area (Å²) < 4.78 is 6.94. The molecular weight excluding hydrogens is 310 g/mol. The first-order chi connectivity index (χ1) is 11.1. The summed E-state index contributed by atoms with van der Waals surface area (Å²) >= 11 is 0. The topological polar surface area (TPSA) is 88.5 Å². The summed E-state index contributed by atoms with van der Waals surface area (Å²) in [5.74, 6) is -0.0939. The SMILES string of the molecule is CNC(=O)Cn1cc(NCC2(C)CN(C(=O)OC(C)(C)C)C2)cn1. The summed E-state index contributed by atoms with van der Waals surface area (Å²) in [5.41, 5.74) is 0.386. The molecule has 2 amide bonds. The van der Waals surface area contributed by atoms with Crippen LogP contribution in [0.25, 0.3) is 0 Å². The van der Waals surface area contributed by atoms with Crippen LogP contribution in [0.5, 0.6) is 0 Å². The first-order valence-corrected chi connectivity index (χ1v) is 8.05. The number of hydrogen-bond acceptors (Lipinski definition) is 5. The first kappa shape index (κ1) is 18.1. The normalized spacial score (nSPS) is 16.3. The Morgan fingerprint density at radius 2 is 2.04 bits per heavy atom. The highest BCUT2D eigenvalue weighted by atomic mass is 16.6. The molecular formula is C16H27N5O3. The third-order valence-electron chi connectivity index (χ3n) is 3.73. The molecule has 0 atom stereocenters. The fraction of sp³-hybridized carbons (Fsp3) is 0.688. The summed E-state index contributed by atoms with van der Waals surface area (Å²) in [6.45, 7) is 9.93. The van der Waals surface area contributed by atoms with Gasteiger partial charge in [0.05, 0.1) is 11.9 Å². The van der Waals surface area contributed by atoms with E-state index in [0.717, 1.165) is 12.2 Å². The van der Waals surface area contributed by atoms with Crippen LogP contribution in [0.15, 0.2) is 12.4 Å². The number of amides is 2. The van der Waals surface area contributed by atoms with Gasteiger partial charge in [0, 0.05) is 38.3 Å². The molecule has 2 rings (SSSR count). The number of nitrogens with one attached hydrogen (secondary N) is 2. The van der Waals surface area contributed by atoms with Crippen LogP contribution in [0.4, 0.5) is 10.5 Å². The zero-order chi connectivity index (χ0) is 18.0. The molecule has 0 radical (unpaired) electrons. The Morgan fingerprint density at radius 1 is 1.38 bits per heavy atom. The maximum atomic E-state index is 12.0. The van der Waals surface area contributed by atoms with E-state index in [4.69, 9.17) is 4.74 Å². The van der Waals surface area contributed by atoms with Crippen LogP contribution in [-0.4, -0.2) is 59.0 Å². The molecule has 1 aliphatic rings. The average Bonchev–Trinajstić information content (AvgIpc) is 2.87. The van der Waals surface area contributed by atoms with Crippen molar-refractivity contribution < 1.29 is 14.3 Å². The summed E-state index contributed by atoms with van der Waals surface area (Å²) in [5, 5.41) is 10.0. The number of anilines is 1. The van der Waals surface area contributed by atoms with E-state index < -0.39 is 5.60 Å². The third-order valence-corrected chi connectivity index (χ3v) is 3.73. The Hall–Kier alpha value is -2.25. The minimum absolute atomic E-state index is 0.000201. The highest BCUT2D eigenvalue weighted by Crippen LogP contribution is 2.31. The monoisotopic (exact) mass is 337 g/mol. The minimum atomic E-state index is -0.472. The lowest BCUT2D eigenvalue weighted by atomic mass is 9.82. The molecule has 8 heteroatoms. The van der Waals surface area contributed by atoms with Crippen molar-refractivity contribution in [1.29, 1.82) is 0 Å². The molecule has 0 aliphatic carbocycles. The largest absolute Gasteiger partial charge is 0.444 e. The van der Waals surface area contributed by atoms with Gasteiger partial charge in [0.1, 0.15) is 12.1 Å². The number of ether oxygens (including phenoxy) is 1. The molecule has 134 valence electrons. The number of nitrogens with zero attached hydrogens (tertiary/aromatic N) is 3. The lowest BCUT2D eigenvalue weighted by Gasteiger charge is -2.48. The number of likely N-dealkylation sites (tertiary alicyclic amines) is 1. The summed E-state index contributed by atoms with van der Waals surface area (Å²) in [6.07, 6.45) is 3.22. The molecule has 24 heavy (non-hydrogen) atoms. The van der Waals surface area contributed by atoms with Crippen molar-refractivity contribution in [3.8, 4) is 0 Å². The lowest BCUT2D eigenvalue weighted by Crippen LogP contribution is -2.60. The molecule has 0 saturated carbocycles. The van der Waals surface area contributed by atoms with Crippen LogP contribution in [-0.2, 0) is 16.1 Å². The Morgan fingerprint density at radius 3 is 2.62 bits per heavy atom. The molecule has 8 nitrogen and oxygen atoms in total. The lowest BCUT2D eigenvalue weighted by molar-refractivity contribution is -0.121. The molecule has 0 unspecified atom stereocenters. The number of aromatic nitrogens is 2. The van der Waals surface area contributed by atoms with Crippen LogP contribution in [0.1, 0.15) is 27.7 Å². The second kappa shape index (κ2) is 6.70. The molecule has 2 heterocycles. The number of likely N-dealkylation sites (N-methyl/N-ethyl adjacent to an activating group) is 1. The van der Waals surface area contributed by atoms with Crippen LogP contribution >= 0.6 is 0 Å². The average molecular weight is 337 g/mol. The van der Waals surface area contributed by atoms with Crippen LogP contribution in [0.3, 0.4) is 0 Å². The van der Waals surface area contributed by atoms with E-state index in [-0.39, 0.29) is 24.0 Å². The maximum absolute atomic E-state index is 12.0. The summed E-state index contributed by atoms with van der Waals surface area (Å²) in [6, 6.07) is 0. The standard InChI is InChI=1S/C16H27N5O3/c1-15(2,3)24-14(23)20-10-16(4,11-20)9-18-12-6-19-21(7-12)8-13(22)17-5/h6-7,18H,8-11H2,1-5H3,(H,17,22). The molecule has 0 spiro atoms. The van der Waals surface area contributed by atoms with Crippen molar-refractivity contribution in [2.75, 3.05) is 32.0 Å². The van der Waals surface area contributed by atoms with Gasteiger partial charge in [-0.15, -0.1) is 0 Å². The Labute approximate surface area is 142 Å².